The van der Waals surface area contributed by atoms with Crippen LogP contribution >= 0.6 is 0 Å². The molecule has 0 bridgehead atoms. The lowest BCUT2D eigenvalue weighted by Gasteiger charge is -2.33. The van der Waals surface area contributed by atoms with Gasteiger partial charge < -0.3 is 14.8 Å². The van der Waals surface area contributed by atoms with E-state index in [1.54, 1.807) is 0 Å². The summed E-state index contributed by atoms with van der Waals surface area (Å²) >= 11 is 0. The Morgan fingerprint density at radius 1 is 1.09 bits per heavy atom. The zero-order valence-corrected chi connectivity index (χ0v) is 16.4. The molecule has 1 heterocycles. The van der Waals surface area contributed by atoms with Crippen LogP contribution in [-0.2, 0) is 9.47 Å². The quantitative estimate of drug-likeness (QED) is 0.659. The average molecular weight is 329 g/mol. The minimum Gasteiger partial charge on any atom is -0.380 e. The van der Waals surface area contributed by atoms with Crippen LogP contribution in [0.3, 0.4) is 0 Å². The normalized spacial score (nSPS) is 20.9. The van der Waals surface area contributed by atoms with Gasteiger partial charge in [-0.15, -0.1) is 0 Å². The van der Waals surface area contributed by atoms with Crippen LogP contribution in [0, 0.1) is 10.8 Å². The first-order valence-electron chi connectivity index (χ1n) is 9.28. The topological polar surface area (TPSA) is 33.7 Å². The van der Waals surface area contributed by atoms with Gasteiger partial charge in [0.15, 0.2) is 0 Å². The van der Waals surface area contributed by atoms with Gasteiger partial charge in [-0.25, -0.2) is 0 Å². The smallest absolute Gasteiger partial charge is 0.0826 e. The number of hydrogen-bond acceptors (Lipinski definition) is 4. The number of ether oxygens (including phenoxy) is 2. The Bertz CT molecular complexity index is 307. The molecule has 0 aromatic rings. The second-order valence-corrected chi connectivity index (χ2v) is 9.26. The van der Waals surface area contributed by atoms with Gasteiger partial charge in [-0.1, -0.05) is 41.5 Å². The standard InChI is InChI=1S/C19H40N2O2/c1-18(2,3)8-7-11-22-12-9-21-10-13-23-17(15-21)14-20-16-19(4,5)6/h17,20H,7-16H2,1-6H3. The number of morpholine rings is 1. The highest BCUT2D eigenvalue weighted by molar-refractivity contribution is 4.75. The Balaban J connectivity index is 2.06. The third-order valence-electron chi connectivity index (χ3n) is 4.02. The van der Waals surface area contributed by atoms with Crippen molar-refractivity contribution in [2.75, 3.05) is 52.5 Å². The molecule has 0 amide bonds. The molecule has 4 heteroatoms. The molecule has 0 radical (unpaired) electrons. The molecule has 138 valence electrons. The summed E-state index contributed by atoms with van der Waals surface area (Å²) in [5, 5.41) is 3.53. The Kier molecular flexibility index (Phi) is 9.06. The summed E-state index contributed by atoms with van der Waals surface area (Å²) in [4.78, 5) is 2.47. The molecule has 1 aliphatic rings. The lowest BCUT2D eigenvalue weighted by Crippen LogP contribution is -2.48. The van der Waals surface area contributed by atoms with Gasteiger partial charge >= 0.3 is 0 Å². The SMILES string of the molecule is CC(C)(C)CCCOCCN1CCOC(CNCC(C)(C)C)C1. The van der Waals surface area contributed by atoms with Gasteiger partial charge in [-0.05, 0) is 23.7 Å². The molecule has 1 fully saturated rings. The predicted octanol–water partition coefficient (Wildman–Crippen LogP) is 3.17. The van der Waals surface area contributed by atoms with Gasteiger partial charge in [0, 0.05) is 39.3 Å². The van der Waals surface area contributed by atoms with Crippen molar-refractivity contribution in [2.24, 2.45) is 10.8 Å². The molecule has 1 saturated heterocycles. The summed E-state index contributed by atoms with van der Waals surface area (Å²) < 4.78 is 11.7. The maximum atomic E-state index is 5.86. The van der Waals surface area contributed by atoms with Crippen molar-refractivity contribution in [3.8, 4) is 0 Å². The van der Waals surface area contributed by atoms with E-state index in [0.29, 0.717) is 16.9 Å². The van der Waals surface area contributed by atoms with Crippen LogP contribution in [0.1, 0.15) is 54.4 Å². The molecule has 0 aromatic carbocycles. The molecule has 0 saturated carbocycles. The van der Waals surface area contributed by atoms with Crippen LogP contribution in [0.25, 0.3) is 0 Å². The number of rotatable bonds is 9. The molecule has 4 nitrogen and oxygen atoms in total. The lowest BCUT2D eigenvalue weighted by molar-refractivity contribution is -0.0356. The van der Waals surface area contributed by atoms with E-state index in [4.69, 9.17) is 9.47 Å². The second kappa shape index (κ2) is 9.97. The van der Waals surface area contributed by atoms with Crippen molar-refractivity contribution >= 4 is 0 Å². The van der Waals surface area contributed by atoms with E-state index in [2.05, 4.69) is 51.8 Å². The van der Waals surface area contributed by atoms with Crippen molar-refractivity contribution < 1.29 is 9.47 Å². The van der Waals surface area contributed by atoms with Crippen LogP contribution in [-0.4, -0.2) is 63.5 Å². The molecule has 1 aliphatic heterocycles. The molecule has 23 heavy (non-hydrogen) atoms. The van der Waals surface area contributed by atoms with E-state index in [9.17, 15) is 0 Å². The minimum absolute atomic E-state index is 0.312. The van der Waals surface area contributed by atoms with E-state index in [0.717, 1.165) is 59.0 Å². The molecule has 1 N–H and O–H groups in total. The lowest BCUT2D eigenvalue weighted by atomic mass is 9.91. The highest BCUT2D eigenvalue weighted by atomic mass is 16.5. The van der Waals surface area contributed by atoms with Crippen LogP contribution < -0.4 is 5.32 Å². The van der Waals surface area contributed by atoms with E-state index < -0.39 is 0 Å². The predicted molar refractivity (Wildman–Crippen MR) is 98.0 cm³/mol. The largest absolute Gasteiger partial charge is 0.380 e. The highest BCUT2D eigenvalue weighted by Crippen LogP contribution is 2.20. The van der Waals surface area contributed by atoms with Crippen LogP contribution in [0.15, 0.2) is 0 Å². The minimum atomic E-state index is 0.312. The van der Waals surface area contributed by atoms with E-state index in [1.165, 1.54) is 6.42 Å². The van der Waals surface area contributed by atoms with Crippen molar-refractivity contribution in [1.29, 1.82) is 0 Å². The first-order valence-corrected chi connectivity index (χ1v) is 9.28. The summed E-state index contributed by atoms with van der Waals surface area (Å²) in [6.07, 6.45) is 2.70. The third kappa shape index (κ3) is 11.9. The Morgan fingerprint density at radius 3 is 2.48 bits per heavy atom. The maximum Gasteiger partial charge on any atom is 0.0826 e. The zero-order valence-electron chi connectivity index (χ0n) is 16.4. The molecular formula is C19H40N2O2. The van der Waals surface area contributed by atoms with Gasteiger partial charge in [0.2, 0.25) is 0 Å². The molecule has 1 atom stereocenters. The van der Waals surface area contributed by atoms with Crippen LogP contribution in [0.4, 0.5) is 0 Å². The van der Waals surface area contributed by atoms with Crippen molar-refractivity contribution in [1.82, 2.24) is 10.2 Å². The van der Waals surface area contributed by atoms with Crippen LogP contribution in [0.2, 0.25) is 0 Å². The fraction of sp³-hybridized carbons (Fsp3) is 1.00. The van der Waals surface area contributed by atoms with Crippen molar-refractivity contribution in [2.45, 2.75) is 60.5 Å². The molecule has 0 aromatic heterocycles. The average Bonchev–Trinajstić information content (AvgIpc) is 2.40. The Hall–Kier alpha value is -0.160. The molecular weight excluding hydrogens is 288 g/mol. The molecule has 1 unspecified atom stereocenters. The van der Waals surface area contributed by atoms with Gasteiger partial charge in [0.1, 0.15) is 0 Å². The summed E-state index contributed by atoms with van der Waals surface area (Å²) in [7, 11) is 0. The summed E-state index contributed by atoms with van der Waals surface area (Å²) in [6.45, 7) is 21.2. The Labute approximate surface area is 144 Å². The first kappa shape index (κ1) is 20.9. The van der Waals surface area contributed by atoms with Gasteiger partial charge in [-0.2, -0.15) is 0 Å². The highest BCUT2D eigenvalue weighted by Gasteiger charge is 2.20. The fourth-order valence-corrected chi connectivity index (χ4v) is 2.72. The number of nitrogens with one attached hydrogen (secondary N) is 1. The molecule has 1 rings (SSSR count). The number of hydrogen-bond donors (Lipinski definition) is 1. The summed E-state index contributed by atoms with van der Waals surface area (Å²) in [5.74, 6) is 0. The van der Waals surface area contributed by atoms with Crippen molar-refractivity contribution in [3.63, 3.8) is 0 Å². The van der Waals surface area contributed by atoms with Gasteiger partial charge in [0.05, 0.1) is 19.3 Å². The third-order valence-corrected chi connectivity index (χ3v) is 4.02. The van der Waals surface area contributed by atoms with Gasteiger partial charge in [-0.3, -0.25) is 4.90 Å². The van der Waals surface area contributed by atoms with E-state index in [-0.39, 0.29) is 0 Å². The fourth-order valence-electron chi connectivity index (χ4n) is 2.72. The molecule has 0 spiro atoms. The maximum absolute atomic E-state index is 5.86. The summed E-state index contributed by atoms with van der Waals surface area (Å²) in [5.41, 5.74) is 0.746. The Morgan fingerprint density at radius 2 is 1.83 bits per heavy atom. The van der Waals surface area contributed by atoms with Gasteiger partial charge in [0.25, 0.3) is 0 Å². The zero-order chi connectivity index (χ0) is 17.3. The first-order chi connectivity index (χ1) is 10.7. The monoisotopic (exact) mass is 328 g/mol. The number of nitrogens with zero attached hydrogens (tertiary/aromatic N) is 1. The van der Waals surface area contributed by atoms with E-state index >= 15 is 0 Å². The van der Waals surface area contributed by atoms with Crippen LogP contribution in [0.5, 0.6) is 0 Å². The second-order valence-electron chi connectivity index (χ2n) is 9.26. The van der Waals surface area contributed by atoms with E-state index in [1.807, 2.05) is 0 Å². The van der Waals surface area contributed by atoms with Crippen molar-refractivity contribution in [3.05, 3.63) is 0 Å². The summed E-state index contributed by atoms with van der Waals surface area (Å²) in [6, 6.07) is 0. The molecule has 0 aliphatic carbocycles.